The largest absolute Gasteiger partial charge is 0.493 e. The first kappa shape index (κ1) is 24.1. The number of halogens is 1. The van der Waals surface area contributed by atoms with Crippen molar-refractivity contribution >= 4 is 29.6 Å². The summed E-state index contributed by atoms with van der Waals surface area (Å²) in [5.41, 5.74) is 0.450. The van der Waals surface area contributed by atoms with Crippen molar-refractivity contribution in [3.05, 3.63) is 53.8 Å². The zero-order valence-corrected chi connectivity index (χ0v) is 17.3. The van der Waals surface area contributed by atoms with Gasteiger partial charge in [-0.25, -0.2) is 14.0 Å². The Morgan fingerprint density at radius 2 is 1.62 bits per heavy atom. The highest BCUT2D eigenvalue weighted by Gasteiger charge is 2.16. The number of hydrogen-bond acceptors (Lipinski definition) is 8. The summed E-state index contributed by atoms with van der Waals surface area (Å²) in [6.45, 7) is 0.594. The normalized spacial score (nSPS) is 9.97. The number of methoxy groups -OCH3 is 1. The fourth-order valence-corrected chi connectivity index (χ4v) is 2.32. The number of esters is 1. The molecule has 32 heavy (non-hydrogen) atoms. The molecule has 0 fully saturated rings. The van der Waals surface area contributed by atoms with E-state index in [-0.39, 0.29) is 30.3 Å². The molecule has 0 saturated heterocycles. The third kappa shape index (κ3) is 7.59. The molecule has 0 heterocycles. The lowest BCUT2D eigenvalue weighted by Crippen LogP contribution is -2.34. The van der Waals surface area contributed by atoms with E-state index in [9.17, 15) is 23.6 Å². The van der Waals surface area contributed by atoms with Gasteiger partial charge >= 0.3 is 12.1 Å². The molecule has 2 aromatic rings. The number of nitrogens with one attached hydrogen (secondary N) is 2. The predicted octanol–water partition coefficient (Wildman–Crippen LogP) is 2.28. The summed E-state index contributed by atoms with van der Waals surface area (Å²) in [6, 6.07) is 9.26. The number of amides is 3. The molecule has 0 aromatic heterocycles. The van der Waals surface area contributed by atoms with Gasteiger partial charge in [-0.15, -0.1) is 0 Å². The molecule has 3 amide bonds. The van der Waals surface area contributed by atoms with E-state index in [0.717, 1.165) is 0 Å². The lowest BCUT2D eigenvalue weighted by atomic mass is 10.2. The Morgan fingerprint density at radius 3 is 2.28 bits per heavy atom. The second-order valence-electron chi connectivity index (χ2n) is 6.05. The predicted molar refractivity (Wildman–Crippen MR) is 109 cm³/mol. The third-order valence-corrected chi connectivity index (χ3v) is 3.74. The number of hydrogen-bond donors (Lipinski definition) is 2. The maximum atomic E-state index is 12.9. The van der Waals surface area contributed by atoms with E-state index in [1.807, 2.05) is 5.32 Å². The monoisotopic (exact) mass is 448 g/mol. The molecule has 170 valence electrons. The van der Waals surface area contributed by atoms with Crippen molar-refractivity contribution in [1.82, 2.24) is 5.32 Å². The maximum absolute atomic E-state index is 12.9. The molecule has 2 N–H and O–H groups in total. The maximum Gasteiger partial charge on any atom is 0.413 e. The first-order valence-corrected chi connectivity index (χ1v) is 9.32. The van der Waals surface area contributed by atoms with Crippen LogP contribution in [-0.2, 0) is 19.1 Å². The average molecular weight is 448 g/mol. The molecule has 10 nitrogen and oxygen atoms in total. The van der Waals surface area contributed by atoms with E-state index in [2.05, 4.69) is 10.1 Å². The molecule has 2 aromatic carbocycles. The van der Waals surface area contributed by atoms with Crippen LogP contribution < -0.4 is 20.1 Å². The molecule has 0 aliphatic heterocycles. The van der Waals surface area contributed by atoms with Gasteiger partial charge in [-0.05, 0) is 49.4 Å². The van der Waals surface area contributed by atoms with E-state index in [0.29, 0.717) is 5.69 Å². The Bertz CT molecular complexity index is 978. The molecule has 0 aliphatic rings. The van der Waals surface area contributed by atoms with Gasteiger partial charge in [0.1, 0.15) is 5.82 Å². The zero-order chi connectivity index (χ0) is 23.5. The van der Waals surface area contributed by atoms with Crippen molar-refractivity contribution in [2.75, 3.05) is 32.2 Å². The number of rotatable bonds is 9. The molecule has 0 spiro atoms. The quantitative estimate of drug-likeness (QED) is 0.559. The Kier molecular flexibility index (Phi) is 8.96. The van der Waals surface area contributed by atoms with Crippen LogP contribution >= 0.6 is 0 Å². The third-order valence-electron chi connectivity index (χ3n) is 3.74. The van der Waals surface area contributed by atoms with Crippen LogP contribution in [0.4, 0.5) is 14.9 Å². The van der Waals surface area contributed by atoms with E-state index in [1.165, 1.54) is 49.6 Å². The standard InChI is InChI=1S/C21H21FN2O8/c1-3-30-21(28)24-19(26)12-32-20(27)13-4-9-16(17(10-13)29-2)31-11-18(25)23-15-7-5-14(22)6-8-15/h4-10H,3,11-12H2,1-2H3,(H,23,25)(H,24,26,28). The van der Waals surface area contributed by atoms with E-state index >= 15 is 0 Å². The number of ether oxygens (including phenoxy) is 4. The molecule has 0 radical (unpaired) electrons. The molecular weight excluding hydrogens is 427 g/mol. The SMILES string of the molecule is CCOC(=O)NC(=O)COC(=O)c1ccc(OCC(=O)Nc2ccc(F)cc2)c(OC)c1. The van der Waals surface area contributed by atoms with Gasteiger partial charge in [0.15, 0.2) is 24.7 Å². The molecule has 0 bridgehead atoms. The zero-order valence-electron chi connectivity index (χ0n) is 17.3. The van der Waals surface area contributed by atoms with Crippen LogP contribution in [0.15, 0.2) is 42.5 Å². The van der Waals surface area contributed by atoms with Crippen molar-refractivity contribution < 1.29 is 42.5 Å². The molecule has 0 saturated carbocycles. The fraction of sp³-hybridized carbons (Fsp3) is 0.238. The Hall–Kier alpha value is -4.15. The molecule has 0 atom stereocenters. The van der Waals surface area contributed by atoms with Gasteiger partial charge in [0.2, 0.25) is 0 Å². The number of carbonyl (C=O) groups is 4. The number of imide groups is 1. The number of alkyl carbamates (subject to hydrolysis) is 1. The summed E-state index contributed by atoms with van der Waals surface area (Å²) >= 11 is 0. The van der Waals surface area contributed by atoms with Crippen LogP contribution in [0.25, 0.3) is 0 Å². The van der Waals surface area contributed by atoms with E-state index in [4.69, 9.17) is 14.2 Å². The van der Waals surface area contributed by atoms with Crippen molar-refractivity contribution in [3.8, 4) is 11.5 Å². The lowest BCUT2D eigenvalue weighted by Gasteiger charge is -2.12. The summed E-state index contributed by atoms with van der Waals surface area (Å²) in [5, 5.41) is 4.43. The van der Waals surface area contributed by atoms with Crippen LogP contribution in [0.3, 0.4) is 0 Å². The molecule has 11 heteroatoms. The van der Waals surface area contributed by atoms with Gasteiger partial charge in [-0.2, -0.15) is 0 Å². The van der Waals surface area contributed by atoms with Crippen LogP contribution in [0.5, 0.6) is 11.5 Å². The average Bonchev–Trinajstić information content (AvgIpc) is 2.77. The van der Waals surface area contributed by atoms with Crippen LogP contribution in [0, 0.1) is 5.82 Å². The molecule has 0 aliphatic carbocycles. The van der Waals surface area contributed by atoms with Gasteiger partial charge in [0.05, 0.1) is 19.3 Å². The van der Waals surface area contributed by atoms with Crippen molar-refractivity contribution in [1.29, 1.82) is 0 Å². The van der Waals surface area contributed by atoms with Crippen molar-refractivity contribution in [3.63, 3.8) is 0 Å². The summed E-state index contributed by atoms with van der Waals surface area (Å²) in [7, 11) is 1.34. The summed E-state index contributed by atoms with van der Waals surface area (Å²) in [4.78, 5) is 46.8. The minimum Gasteiger partial charge on any atom is -0.493 e. The van der Waals surface area contributed by atoms with E-state index in [1.54, 1.807) is 6.92 Å². The van der Waals surface area contributed by atoms with Crippen molar-refractivity contribution in [2.45, 2.75) is 6.92 Å². The number of anilines is 1. The first-order chi connectivity index (χ1) is 15.3. The molecule has 2 rings (SSSR count). The van der Waals surface area contributed by atoms with Crippen molar-refractivity contribution in [2.24, 2.45) is 0 Å². The van der Waals surface area contributed by atoms with Crippen LogP contribution in [0.1, 0.15) is 17.3 Å². The molecule has 0 unspecified atom stereocenters. The van der Waals surface area contributed by atoms with Crippen LogP contribution in [0.2, 0.25) is 0 Å². The minimum absolute atomic E-state index is 0.0499. The summed E-state index contributed by atoms with van der Waals surface area (Å²) < 4.78 is 32.9. The van der Waals surface area contributed by atoms with Gasteiger partial charge in [0, 0.05) is 5.69 Å². The highest BCUT2D eigenvalue weighted by Crippen LogP contribution is 2.28. The van der Waals surface area contributed by atoms with Gasteiger partial charge in [0.25, 0.3) is 11.8 Å². The van der Waals surface area contributed by atoms with Gasteiger partial charge < -0.3 is 24.3 Å². The first-order valence-electron chi connectivity index (χ1n) is 9.32. The number of benzene rings is 2. The summed E-state index contributed by atoms with van der Waals surface area (Å²) in [5.74, 6) is -2.29. The Balaban J connectivity index is 1.90. The number of carbonyl (C=O) groups excluding carboxylic acids is 4. The highest BCUT2D eigenvalue weighted by molar-refractivity contribution is 5.95. The fourth-order valence-electron chi connectivity index (χ4n) is 2.32. The van der Waals surface area contributed by atoms with Crippen LogP contribution in [-0.4, -0.2) is 50.8 Å². The summed E-state index contributed by atoms with van der Waals surface area (Å²) in [6.07, 6.45) is -0.944. The van der Waals surface area contributed by atoms with E-state index < -0.39 is 36.3 Å². The highest BCUT2D eigenvalue weighted by atomic mass is 19.1. The topological polar surface area (TPSA) is 129 Å². The second-order valence-corrected chi connectivity index (χ2v) is 6.05. The Labute approximate surface area is 182 Å². The Morgan fingerprint density at radius 1 is 0.906 bits per heavy atom. The minimum atomic E-state index is -0.944. The van der Waals surface area contributed by atoms with Gasteiger partial charge in [-0.3, -0.25) is 14.9 Å². The second kappa shape index (κ2) is 11.9. The van der Waals surface area contributed by atoms with Gasteiger partial charge in [-0.1, -0.05) is 0 Å². The molecular formula is C21H21FN2O8. The smallest absolute Gasteiger partial charge is 0.413 e. The lowest BCUT2D eigenvalue weighted by molar-refractivity contribution is -0.123.